The van der Waals surface area contributed by atoms with Crippen molar-refractivity contribution in [3.8, 4) is 0 Å². The van der Waals surface area contributed by atoms with Crippen LogP contribution in [0.2, 0.25) is 0 Å². The Hall–Kier alpha value is -0.160. The van der Waals surface area contributed by atoms with E-state index in [1.165, 1.54) is 97.7 Å². The Morgan fingerprint density at radius 2 is 1.39 bits per heavy atom. The molecule has 4 heteroatoms. The fourth-order valence-electron chi connectivity index (χ4n) is 4.86. The van der Waals surface area contributed by atoms with Crippen molar-refractivity contribution in [1.82, 2.24) is 19.6 Å². The number of likely N-dealkylation sites (tertiary alicyclic amines) is 2. The lowest BCUT2D eigenvalue weighted by molar-refractivity contribution is 0.0514. The van der Waals surface area contributed by atoms with Crippen LogP contribution in [0, 0.1) is 5.92 Å². The lowest BCUT2D eigenvalue weighted by Crippen LogP contribution is -2.53. The minimum absolute atomic E-state index is 0.865. The van der Waals surface area contributed by atoms with Gasteiger partial charge < -0.3 is 14.7 Å². The Labute approximate surface area is 143 Å². The van der Waals surface area contributed by atoms with E-state index >= 15 is 0 Å². The summed E-state index contributed by atoms with van der Waals surface area (Å²) >= 11 is 0. The average molecular weight is 323 g/mol. The minimum Gasteiger partial charge on any atom is -0.303 e. The zero-order valence-electron chi connectivity index (χ0n) is 15.6. The van der Waals surface area contributed by atoms with Crippen LogP contribution >= 0.6 is 0 Å². The minimum atomic E-state index is 0.865. The van der Waals surface area contributed by atoms with Crippen LogP contribution < -0.4 is 0 Å². The van der Waals surface area contributed by atoms with Crippen LogP contribution in [0.4, 0.5) is 0 Å². The van der Waals surface area contributed by atoms with E-state index in [1.807, 2.05) is 0 Å². The molecule has 0 aromatic heterocycles. The summed E-state index contributed by atoms with van der Waals surface area (Å²) in [6.07, 6.45) is 5.67. The molecule has 0 aliphatic carbocycles. The standard InChI is InChI=1S/C19H38N4/c1-3-20-12-14-23(15-13-20)19-7-10-22(11-8-19)17-18-6-5-9-21(4-2)16-18/h18-19H,3-17H2,1-2H3. The molecule has 0 aromatic rings. The molecule has 0 spiro atoms. The van der Waals surface area contributed by atoms with Gasteiger partial charge in [-0.25, -0.2) is 0 Å². The molecular weight excluding hydrogens is 284 g/mol. The summed E-state index contributed by atoms with van der Waals surface area (Å²) in [6, 6.07) is 0.865. The second-order valence-electron chi connectivity index (χ2n) is 7.90. The summed E-state index contributed by atoms with van der Waals surface area (Å²) in [5.74, 6) is 0.924. The maximum atomic E-state index is 2.78. The fourth-order valence-corrected chi connectivity index (χ4v) is 4.86. The van der Waals surface area contributed by atoms with Gasteiger partial charge in [0.15, 0.2) is 0 Å². The van der Waals surface area contributed by atoms with Gasteiger partial charge in [0.05, 0.1) is 0 Å². The normalized spacial score (nSPS) is 30.8. The maximum absolute atomic E-state index is 2.78. The molecule has 0 amide bonds. The molecule has 3 fully saturated rings. The fraction of sp³-hybridized carbons (Fsp3) is 1.00. The van der Waals surface area contributed by atoms with Gasteiger partial charge in [-0.15, -0.1) is 0 Å². The van der Waals surface area contributed by atoms with Crippen LogP contribution in [-0.4, -0.2) is 97.6 Å². The Morgan fingerprint density at radius 3 is 2.04 bits per heavy atom. The second kappa shape index (κ2) is 8.80. The highest BCUT2D eigenvalue weighted by atomic mass is 15.3. The zero-order valence-corrected chi connectivity index (χ0v) is 15.6. The number of piperidine rings is 2. The molecule has 1 unspecified atom stereocenters. The van der Waals surface area contributed by atoms with Crippen molar-refractivity contribution in [2.75, 3.05) is 72.0 Å². The molecule has 3 saturated heterocycles. The molecule has 0 N–H and O–H groups in total. The molecular formula is C19H38N4. The van der Waals surface area contributed by atoms with Gasteiger partial charge in [-0.05, 0) is 64.3 Å². The van der Waals surface area contributed by atoms with Crippen LogP contribution in [0.3, 0.4) is 0 Å². The maximum Gasteiger partial charge on any atom is 0.0121 e. The van der Waals surface area contributed by atoms with E-state index in [-0.39, 0.29) is 0 Å². The number of hydrogen-bond acceptors (Lipinski definition) is 4. The van der Waals surface area contributed by atoms with Crippen molar-refractivity contribution in [2.24, 2.45) is 5.92 Å². The summed E-state index contributed by atoms with van der Waals surface area (Å²) in [5.41, 5.74) is 0. The highest BCUT2D eigenvalue weighted by molar-refractivity contribution is 4.85. The van der Waals surface area contributed by atoms with Gasteiger partial charge in [0.2, 0.25) is 0 Å². The first kappa shape index (κ1) is 17.7. The SMILES string of the molecule is CCN1CCN(C2CCN(CC3CCCN(CC)C3)CC2)CC1. The highest BCUT2D eigenvalue weighted by Crippen LogP contribution is 2.22. The van der Waals surface area contributed by atoms with E-state index < -0.39 is 0 Å². The summed E-state index contributed by atoms with van der Waals surface area (Å²) in [7, 11) is 0. The molecule has 3 aliphatic heterocycles. The van der Waals surface area contributed by atoms with E-state index in [1.54, 1.807) is 0 Å². The van der Waals surface area contributed by atoms with Gasteiger partial charge in [0.1, 0.15) is 0 Å². The first-order valence-corrected chi connectivity index (χ1v) is 10.2. The average Bonchev–Trinajstić information content (AvgIpc) is 2.63. The van der Waals surface area contributed by atoms with Gasteiger partial charge in [0, 0.05) is 45.3 Å². The van der Waals surface area contributed by atoms with E-state index in [2.05, 4.69) is 33.4 Å². The Balaban J connectivity index is 1.37. The van der Waals surface area contributed by atoms with E-state index in [9.17, 15) is 0 Å². The van der Waals surface area contributed by atoms with E-state index in [0.717, 1.165) is 12.0 Å². The van der Waals surface area contributed by atoms with Crippen LogP contribution in [0.25, 0.3) is 0 Å². The number of nitrogens with zero attached hydrogens (tertiary/aromatic N) is 4. The molecule has 4 nitrogen and oxygen atoms in total. The van der Waals surface area contributed by atoms with Gasteiger partial charge in [-0.2, -0.15) is 0 Å². The number of hydrogen-bond donors (Lipinski definition) is 0. The summed E-state index contributed by atoms with van der Waals surface area (Å²) in [5, 5.41) is 0. The Kier molecular flexibility index (Phi) is 6.75. The van der Waals surface area contributed by atoms with E-state index in [0.29, 0.717) is 0 Å². The summed E-state index contributed by atoms with van der Waals surface area (Å²) in [6.45, 7) is 18.9. The Morgan fingerprint density at radius 1 is 0.696 bits per heavy atom. The van der Waals surface area contributed by atoms with Crippen molar-refractivity contribution in [3.05, 3.63) is 0 Å². The first-order valence-electron chi connectivity index (χ1n) is 10.2. The van der Waals surface area contributed by atoms with Gasteiger partial charge in [0.25, 0.3) is 0 Å². The third-order valence-electron chi connectivity index (χ3n) is 6.49. The van der Waals surface area contributed by atoms with Crippen molar-refractivity contribution in [3.63, 3.8) is 0 Å². The third kappa shape index (κ3) is 4.91. The first-order chi connectivity index (χ1) is 11.3. The highest BCUT2D eigenvalue weighted by Gasteiger charge is 2.28. The largest absolute Gasteiger partial charge is 0.303 e. The van der Waals surface area contributed by atoms with Gasteiger partial charge in [-0.1, -0.05) is 13.8 Å². The predicted octanol–water partition coefficient (Wildman–Crippen LogP) is 1.82. The molecule has 1 atom stereocenters. The van der Waals surface area contributed by atoms with E-state index in [4.69, 9.17) is 0 Å². The van der Waals surface area contributed by atoms with Crippen molar-refractivity contribution in [1.29, 1.82) is 0 Å². The smallest absolute Gasteiger partial charge is 0.0121 e. The van der Waals surface area contributed by atoms with Crippen LogP contribution in [-0.2, 0) is 0 Å². The molecule has 3 aliphatic rings. The summed E-state index contributed by atoms with van der Waals surface area (Å²) in [4.78, 5) is 10.8. The quantitative estimate of drug-likeness (QED) is 0.765. The molecule has 3 rings (SSSR count). The second-order valence-corrected chi connectivity index (χ2v) is 7.90. The zero-order chi connectivity index (χ0) is 16.1. The number of rotatable bonds is 5. The van der Waals surface area contributed by atoms with Gasteiger partial charge in [-0.3, -0.25) is 4.90 Å². The number of likely N-dealkylation sites (N-methyl/N-ethyl adjacent to an activating group) is 1. The molecule has 0 saturated carbocycles. The lowest BCUT2D eigenvalue weighted by Gasteiger charge is -2.43. The van der Waals surface area contributed by atoms with Crippen molar-refractivity contribution >= 4 is 0 Å². The Bertz CT molecular complexity index is 332. The van der Waals surface area contributed by atoms with Crippen LogP contribution in [0.1, 0.15) is 39.5 Å². The molecule has 0 radical (unpaired) electrons. The molecule has 134 valence electrons. The van der Waals surface area contributed by atoms with Crippen molar-refractivity contribution < 1.29 is 0 Å². The van der Waals surface area contributed by atoms with Crippen LogP contribution in [0.5, 0.6) is 0 Å². The topological polar surface area (TPSA) is 13.0 Å². The predicted molar refractivity (Wildman–Crippen MR) is 98.0 cm³/mol. The molecule has 0 aromatic carbocycles. The molecule has 23 heavy (non-hydrogen) atoms. The van der Waals surface area contributed by atoms with Crippen LogP contribution in [0.15, 0.2) is 0 Å². The monoisotopic (exact) mass is 322 g/mol. The molecule has 3 heterocycles. The van der Waals surface area contributed by atoms with Crippen molar-refractivity contribution in [2.45, 2.75) is 45.6 Å². The van der Waals surface area contributed by atoms with Gasteiger partial charge >= 0.3 is 0 Å². The number of piperazine rings is 1. The lowest BCUT2D eigenvalue weighted by atomic mass is 9.95. The summed E-state index contributed by atoms with van der Waals surface area (Å²) < 4.78 is 0. The third-order valence-corrected chi connectivity index (χ3v) is 6.49. The molecule has 0 bridgehead atoms.